The average Bonchev–Trinajstić information content (AvgIpc) is 3.33. The highest BCUT2D eigenvalue weighted by molar-refractivity contribution is 7.22. The predicted molar refractivity (Wildman–Crippen MR) is 130 cm³/mol. The van der Waals surface area contributed by atoms with Gasteiger partial charge in [0, 0.05) is 24.0 Å². The minimum Gasteiger partial charge on any atom is -0.302 e. The maximum Gasteiger partial charge on any atom is 0.252 e. The highest BCUT2D eigenvalue weighted by Crippen LogP contribution is 2.32. The number of thiophene rings is 1. The Hall–Kier alpha value is -1.73. The highest BCUT2D eigenvalue weighted by atomic mass is 35.5. The van der Waals surface area contributed by atoms with E-state index < -0.39 is 0 Å². The molecule has 1 aromatic carbocycles. The molecule has 0 saturated carbocycles. The summed E-state index contributed by atoms with van der Waals surface area (Å²) >= 11 is 3.22. The summed E-state index contributed by atoms with van der Waals surface area (Å²) in [5, 5.41) is 2.79. The van der Waals surface area contributed by atoms with E-state index in [2.05, 4.69) is 44.7 Å². The number of thiazole rings is 1. The monoisotopic (exact) mass is 449 g/mol. The fourth-order valence-electron chi connectivity index (χ4n) is 3.19. The quantitative estimate of drug-likeness (QED) is 0.408. The van der Waals surface area contributed by atoms with Crippen molar-refractivity contribution in [2.45, 2.75) is 27.7 Å². The van der Waals surface area contributed by atoms with Crippen molar-refractivity contribution in [2.24, 2.45) is 0 Å². The molecule has 2 aromatic heterocycles. The third kappa shape index (κ3) is 5.89. The second kappa shape index (κ2) is 10.9. The Morgan fingerprint density at radius 3 is 2.59 bits per heavy atom. The van der Waals surface area contributed by atoms with Crippen LogP contribution in [0.25, 0.3) is 16.3 Å². The van der Waals surface area contributed by atoms with E-state index in [1.807, 2.05) is 28.5 Å². The van der Waals surface area contributed by atoms with E-state index in [-0.39, 0.29) is 18.3 Å². The Morgan fingerprint density at radius 2 is 1.93 bits per heavy atom. The van der Waals surface area contributed by atoms with Crippen LogP contribution >= 0.6 is 35.1 Å². The molecule has 0 unspecified atom stereocenters. The summed E-state index contributed by atoms with van der Waals surface area (Å²) in [4.78, 5) is 23.1. The first kappa shape index (κ1) is 23.5. The zero-order valence-corrected chi connectivity index (χ0v) is 19.8. The van der Waals surface area contributed by atoms with Crippen LogP contribution in [0.4, 0.5) is 5.13 Å². The van der Waals surface area contributed by atoms with Gasteiger partial charge in [0.25, 0.3) is 5.91 Å². The number of aryl methyl sites for hydroxylation is 2. The van der Waals surface area contributed by atoms with Gasteiger partial charge in [0.1, 0.15) is 0 Å². The summed E-state index contributed by atoms with van der Waals surface area (Å²) in [6.45, 7) is 11.9. The molecule has 156 valence electrons. The number of amides is 1. The van der Waals surface area contributed by atoms with Gasteiger partial charge in [-0.15, -0.1) is 23.7 Å². The first-order chi connectivity index (χ1) is 13.5. The van der Waals surface area contributed by atoms with Crippen molar-refractivity contribution in [1.82, 2.24) is 9.88 Å². The molecule has 0 fully saturated rings. The van der Waals surface area contributed by atoms with Gasteiger partial charge in [-0.2, -0.15) is 0 Å². The van der Waals surface area contributed by atoms with Gasteiger partial charge >= 0.3 is 0 Å². The molecule has 0 saturated heterocycles. The van der Waals surface area contributed by atoms with Crippen LogP contribution in [0.15, 0.2) is 35.7 Å². The zero-order valence-electron chi connectivity index (χ0n) is 17.3. The van der Waals surface area contributed by atoms with Gasteiger partial charge in [-0.1, -0.05) is 37.3 Å². The third-order valence-electron chi connectivity index (χ3n) is 4.78. The molecule has 0 atom stereocenters. The number of carbonyl (C=O) groups excluding carboxylic acids is 1. The number of aromatic nitrogens is 1. The second-order valence-corrected chi connectivity index (χ2v) is 8.78. The van der Waals surface area contributed by atoms with Crippen molar-refractivity contribution < 1.29 is 4.79 Å². The largest absolute Gasteiger partial charge is 0.302 e. The molecule has 0 radical (unpaired) electrons. The van der Waals surface area contributed by atoms with Crippen LogP contribution in [0.5, 0.6) is 0 Å². The van der Waals surface area contributed by atoms with Crippen molar-refractivity contribution in [1.29, 1.82) is 0 Å². The first-order valence-corrected chi connectivity index (χ1v) is 11.3. The number of hydrogen-bond donors (Lipinski definition) is 0. The standard InChI is InChI=1S/C22H27N3OS2.ClH/c1-5-24(6-2)11-12-25(20(26)10-9-18-8-7-13-27-18)22-23-21-17(4)14-16(3)15-19(21)28-22;/h7-10,13-15H,5-6,11-12H2,1-4H3;1H. The molecule has 3 rings (SSSR count). The Labute approximate surface area is 187 Å². The lowest BCUT2D eigenvalue weighted by molar-refractivity contribution is -0.114. The summed E-state index contributed by atoms with van der Waals surface area (Å²) < 4.78 is 1.13. The van der Waals surface area contributed by atoms with Crippen LogP contribution in [0, 0.1) is 13.8 Å². The van der Waals surface area contributed by atoms with E-state index in [9.17, 15) is 4.79 Å². The number of nitrogens with zero attached hydrogens (tertiary/aromatic N) is 3. The first-order valence-electron chi connectivity index (χ1n) is 9.65. The zero-order chi connectivity index (χ0) is 20.1. The molecule has 0 spiro atoms. The van der Waals surface area contributed by atoms with Crippen LogP contribution in [-0.2, 0) is 4.79 Å². The molecule has 1 amide bonds. The average molecular weight is 450 g/mol. The molecule has 3 aromatic rings. The van der Waals surface area contributed by atoms with E-state index in [4.69, 9.17) is 4.98 Å². The number of halogens is 1. The van der Waals surface area contributed by atoms with Crippen LogP contribution in [0.1, 0.15) is 29.9 Å². The van der Waals surface area contributed by atoms with Gasteiger partial charge in [0.05, 0.1) is 10.2 Å². The van der Waals surface area contributed by atoms with Gasteiger partial charge in [-0.3, -0.25) is 9.69 Å². The number of fused-ring (bicyclic) bond motifs is 1. The lowest BCUT2D eigenvalue weighted by Gasteiger charge is -2.23. The molecule has 0 N–H and O–H groups in total. The van der Waals surface area contributed by atoms with Crippen LogP contribution in [0.3, 0.4) is 0 Å². The summed E-state index contributed by atoms with van der Waals surface area (Å²) in [6, 6.07) is 8.30. The summed E-state index contributed by atoms with van der Waals surface area (Å²) in [7, 11) is 0. The van der Waals surface area contributed by atoms with Gasteiger partial charge in [-0.05, 0) is 61.7 Å². The van der Waals surface area contributed by atoms with Crippen molar-refractivity contribution in [3.8, 4) is 0 Å². The molecular formula is C22H28ClN3OS2. The number of rotatable bonds is 8. The molecule has 0 bridgehead atoms. The van der Waals surface area contributed by atoms with E-state index >= 15 is 0 Å². The van der Waals surface area contributed by atoms with Gasteiger partial charge in [0.15, 0.2) is 5.13 Å². The number of likely N-dealkylation sites (N-methyl/N-ethyl adjacent to an activating group) is 1. The van der Waals surface area contributed by atoms with E-state index in [1.54, 1.807) is 28.7 Å². The normalized spacial score (nSPS) is 11.3. The maximum atomic E-state index is 13.0. The minimum absolute atomic E-state index is 0. The summed E-state index contributed by atoms with van der Waals surface area (Å²) in [5.74, 6) is -0.0195. The summed E-state index contributed by atoms with van der Waals surface area (Å²) in [6.07, 6.45) is 3.55. The van der Waals surface area contributed by atoms with Crippen molar-refractivity contribution in [3.05, 3.63) is 51.7 Å². The van der Waals surface area contributed by atoms with Crippen LogP contribution < -0.4 is 4.90 Å². The molecule has 0 aliphatic rings. The number of carbonyl (C=O) groups is 1. The fraction of sp³-hybridized carbons (Fsp3) is 0.364. The molecule has 0 aliphatic heterocycles. The number of anilines is 1. The topological polar surface area (TPSA) is 36.4 Å². The lowest BCUT2D eigenvalue weighted by atomic mass is 10.1. The van der Waals surface area contributed by atoms with Crippen molar-refractivity contribution in [3.63, 3.8) is 0 Å². The van der Waals surface area contributed by atoms with E-state index in [0.29, 0.717) is 6.54 Å². The minimum atomic E-state index is -0.0195. The second-order valence-electron chi connectivity index (χ2n) is 6.79. The van der Waals surface area contributed by atoms with Gasteiger partial charge in [0.2, 0.25) is 0 Å². The molecule has 0 aliphatic carbocycles. The van der Waals surface area contributed by atoms with Gasteiger partial charge in [-0.25, -0.2) is 4.98 Å². The van der Waals surface area contributed by atoms with Crippen LogP contribution in [0.2, 0.25) is 0 Å². The highest BCUT2D eigenvalue weighted by Gasteiger charge is 2.19. The van der Waals surface area contributed by atoms with E-state index in [1.165, 1.54) is 5.56 Å². The van der Waals surface area contributed by atoms with Crippen LogP contribution in [-0.4, -0.2) is 42.0 Å². The third-order valence-corrected chi connectivity index (χ3v) is 6.65. The molecule has 2 heterocycles. The SMILES string of the molecule is CCN(CC)CCN(C(=O)C=Cc1cccs1)c1nc2c(C)cc(C)cc2s1.Cl. The Morgan fingerprint density at radius 1 is 1.17 bits per heavy atom. The predicted octanol–water partition coefficient (Wildman–Crippen LogP) is 5.78. The molecular weight excluding hydrogens is 422 g/mol. The molecule has 4 nitrogen and oxygen atoms in total. The van der Waals surface area contributed by atoms with E-state index in [0.717, 1.165) is 45.4 Å². The maximum absolute atomic E-state index is 13.0. The number of hydrogen-bond acceptors (Lipinski definition) is 5. The summed E-state index contributed by atoms with van der Waals surface area (Å²) in [5.41, 5.74) is 3.37. The number of benzene rings is 1. The lowest BCUT2D eigenvalue weighted by Crippen LogP contribution is -2.38. The van der Waals surface area contributed by atoms with Gasteiger partial charge < -0.3 is 4.90 Å². The molecule has 7 heteroatoms. The van der Waals surface area contributed by atoms with Crippen molar-refractivity contribution >= 4 is 62.4 Å². The van der Waals surface area contributed by atoms with Crippen molar-refractivity contribution in [2.75, 3.05) is 31.1 Å². The molecule has 29 heavy (non-hydrogen) atoms. The smallest absolute Gasteiger partial charge is 0.252 e. The Kier molecular flexibility index (Phi) is 8.83. The Bertz CT molecular complexity index is 962. The fourth-order valence-corrected chi connectivity index (χ4v) is 4.98. The Balaban J connectivity index is 0.00000300.